The molecule has 1 unspecified atom stereocenters. The molecule has 2 rings (SSSR count). The number of alkyl halides is 1. The highest BCUT2D eigenvalue weighted by molar-refractivity contribution is 14.1. The zero-order valence-electron chi connectivity index (χ0n) is 8.80. The van der Waals surface area contributed by atoms with Crippen molar-refractivity contribution in [1.82, 2.24) is 4.31 Å². The lowest BCUT2D eigenvalue weighted by Gasteiger charge is -2.33. The standard InChI is InChI=1S/C10H14INO2S2/c11-8-9-4-1-2-6-12(9)16(13,14)10-5-3-7-15-10/h3,5,7,9H,1-2,4,6,8H2. The van der Waals surface area contributed by atoms with Crippen molar-refractivity contribution < 1.29 is 8.42 Å². The van der Waals surface area contributed by atoms with Gasteiger partial charge in [0.15, 0.2) is 0 Å². The van der Waals surface area contributed by atoms with Gasteiger partial charge in [-0.05, 0) is 24.3 Å². The molecule has 1 aliphatic heterocycles. The van der Waals surface area contributed by atoms with Gasteiger partial charge < -0.3 is 0 Å². The van der Waals surface area contributed by atoms with E-state index in [-0.39, 0.29) is 6.04 Å². The summed E-state index contributed by atoms with van der Waals surface area (Å²) in [5.41, 5.74) is 0. The van der Waals surface area contributed by atoms with E-state index in [4.69, 9.17) is 0 Å². The second-order valence-electron chi connectivity index (χ2n) is 3.85. The van der Waals surface area contributed by atoms with Crippen LogP contribution in [0.2, 0.25) is 0 Å². The summed E-state index contributed by atoms with van der Waals surface area (Å²) in [4.78, 5) is 0. The molecule has 1 saturated heterocycles. The van der Waals surface area contributed by atoms with Crippen LogP contribution < -0.4 is 0 Å². The second-order valence-corrected chi connectivity index (χ2v) is 7.80. The Morgan fingerprint density at radius 2 is 2.31 bits per heavy atom. The van der Waals surface area contributed by atoms with E-state index >= 15 is 0 Å². The highest BCUT2D eigenvalue weighted by Gasteiger charge is 2.33. The topological polar surface area (TPSA) is 37.4 Å². The number of sulfonamides is 1. The first-order valence-electron chi connectivity index (χ1n) is 5.27. The first-order valence-corrected chi connectivity index (χ1v) is 9.12. The van der Waals surface area contributed by atoms with Crippen LogP contribution in [0.1, 0.15) is 19.3 Å². The average molecular weight is 371 g/mol. The van der Waals surface area contributed by atoms with Crippen LogP contribution in [-0.4, -0.2) is 29.7 Å². The van der Waals surface area contributed by atoms with Gasteiger partial charge in [-0.1, -0.05) is 35.1 Å². The highest BCUT2D eigenvalue weighted by Crippen LogP contribution is 2.28. The summed E-state index contributed by atoms with van der Waals surface area (Å²) in [7, 11) is -3.23. The van der Waals surface area contributed by atoms with Gasteiger partial charge in [-0.2, -0.15) is 4.31 Å². The van der Waals surface area contributed by atoms with Gasteiger partial charge in [0.05, 0.1) is 0 Å². The Morgan fingerprint density at radius 1 is 1.50 bits per heavy atom. The molecule has 3 nitrogen and oxygen atoms in total. The van der Waals surface area contributed by atoms with Crippen LogP contribution in [0.3, 0.4) is 0 Å². The molecule has 0 amide bonds. The third-order valence-electron chi connectivity index (χ3n) is 2.81. The maximum absolute atomic E-state index is 12.4. The molecular formula is C10H14INO2S2. The molecule has 0 bridgehead atoms. The Morgan fingerprint density at radius 3 is 2.94 bits per heavy atom. The van der Waals surface area contributed by atoms with E-state index in [1.807, 2.05) is 5.38 Å². The number of rotatable bonds is 3. The molecule has 1 fully saturated rings. The van der Waals surface area contributed by atoms with Gasteiger partial charge in [0.2, 0.25) is 0 Å². The third kappa shape index (κ3) is 2.44. The molecule has 1 atom stereocenters. The van der Waals surface area contributed by atoms with Crippen LogP contribution in [0.5, 0.6) is 0 Å². The van der Waals surface area contributed by atoms with Gasteiger partial charge >= 0.3 is 0 Å². The fraction of sp³-hybridized carbons (Fsp3) is 0.600. The van der Waals surface area contributed by atoms with Gasteiger partial charge in [0.25, 0.3) is 10.0 Å². The maximum atomic E-state index is 12.4. The van der Waals surface area contributed by atoms with Crippen molar-refractivity contribution in [2.75, 3.05) is 11.0 Å². The number of thiophene rings is 1. The zero-order chi connectivity index (χ0) is 11.6. The van der Waals surface area contributed by atoms with Gasteiger partial charge in [-0.15, -0.1) is 11.3 Å². The van der Waals surface area contributed by atoms with Crippen LogP contribution in [0.25, 0.3) is 0 Å². The molecule has 2 heterocycles. The lowest BCUT2D eigenvalue weighted by atomic mass is 10.1. The van der Waals surface area contributed by atoms with Gasteiger partial charge in [-0.3, -0.25) is 0 Å². The Labute approximate surface area is 114 Å². The number of halogens is 1. The first kappa shape index (κ1) is 12.8. The molecule has 1 aliphatic rings. The fourth-order valence-corrected chi connectivity index (χ4v) is 5.97. The SMILES string of the molecule is O=S(=O)(c1cccs1)N1CCCCC1CI. The molecule has 1 aromatic heterocycles. The molecule has 0 N–H and O–H groups in total. The average Bonchev–Trinajstić information content (AvgIpc) is 2.83. The lowest BCUT2D eigenvalue weighted by molar-refractivity contribution is 0.275. The van der Waals surface area contributed by atoms with Crippen LogP contribution in [0, 0.1) is 0 Å². The molecular weight excluding hydrogens is 357 g/mol. The minimum atomic E-state index is -3.23. The Bertz CT molecular complexity index is 430. The second kappa shape index (κ2) is 5.32. The quantitative estimate of drug-likeness (QED) is 0.605. The van der Waals surface area contributed by atoms with Crippen molar-refractivity contribution in [1.29, 1.82) is 0 Å². The normalized spacial score (nSPS) is 23.4. The number of nitrogens with zero attached hydrogens (tertiary/aromatic N) is 1. The molecule has 0 aliphatic carbocycles. The third-order valence-corrected chi connectivity index (χ3v) is 7.15. The number of hydrogen-bond donors (Lipinski definition) is 0. The van der Waals surface area contributed by atoms with E-state index in [0.29, 0.717) is 10.8 Å². The molecule has 6 heteroatoms. The van der Waals surface area contributed by atoms with Crippen LogP contribution in [0.15, 0.2) is 21.7 Å². The van der Waals surface area contributed by atoms with Crippen molar-refractivity contribution in [3.63, 3.8) is 0 Å². The van der Waals surface area contributed by atoms with E-state index in [0.717, 1.165) is 23.7 Å². The van der Waals surface area contributed by atoms with Crippen molar-refractivity contribution in [2.45, 2.75) is 29.5 Å². The van der Waals surface area contributed by atoms with Crippen molar-refractivity contribution in [2.24, 2.45) is 0 Å². The van der Waals surface area contributed by atoms with E-state index in [1.54, 1.807) is 16.4 Å². The monoisotopic (exact) mass is 371 g/mol. The van der Waals surface area contributed by atoms with Crippen molar-refractivity contribution in [3.8, 4) is 0 Å². The molecule has 1 aromatic rings. The predicted molar refractivity (Wildman–Crippen MR) is 74.7 cm³/mol. The number of piperidine rings is 1. The summed E-state index contributed by atoms with van der Waals surface area (Å²) in [5, 5.41) is 1.82. The summed E-state index contributed by atoms with van der Waals surface area (Å²) < 4.78 is 27.7. The van der Waals surface area contributed by atoms with Crippen molar-refractivity contribution >= 4 is 44.0 Å². The molecule has 16 heavy (non-hydrogen) atoms. The molecule has 90 valence electrons. The fourth-order valence-electron chi connectivity index (χ4n) is 1.97. The van der Waals surface area contributed by atoms with Gasteiger partial charge in [0.1, 0.15) is 4.21 Å². The summed E-state index contributed by atoms with van der Waals surface area (Å²) in [6.45, 7) is 0.675. The minimum absolute atomic E-state index is 0.182. The first-order chi connectivity index (χ1) is 7.66. The molecule has 0 spiro atoms. The van der Waals surface area contributed by atoms with Crippen molar-refractivity contribution in [3.05, 3.63) is 17.5 Å². The minimum Gasteiger partial charge on any atom is -0.206 e. The van der Waals surface area contributed by atoms with Crippen LogP contribution >= 0.6 is 33.9 Å². The van der Waals surface area contributed by atoms with Gasteiger partial charge in [-0.25, -0.2) is 8.42 Å². The largest absolute Gasteiger partial charge is 0.252 e. The lowest BCUT2D eigenvalue weighted by Crippen LogP contribution is -2.44. The van der Waals surface area contributed by atoms with E-state index in [9.17, 15) is 8.42 Å². The molecule has 0 aromatic carbocycles. The van der Waals surface area contributed by atoms with Crippen LogP contribution in [-0.2, 0) is 10.0 Å². The summed E-state index contributed by atoms with van der Waals surface area (Å²) in [6, 6.07) is 3.67. The van der Waals surface area contributed by atoms with Crippen LogP contribution in [0.4, 0.5) is 0 Å². The van der Waals surface area contributed by atoms with E-state index in [2.05, 4.69) is 22.6 Å². The summed E-state index contributed by atoms with van der Waals surface area (Å²) >= 11 is 3.58. The summed E-state index contributed by atoms with van der Waals surface area (Å²) in [6.07, 6.45) is 3.12. The Balaban J connectivity index is 2.28. The van der Waals surface area contributed by atoms with E-state index < -0.39 is 10.0 Å². The summed E-state index contributed by atoms with van der Waals surface area (Å²) in [5.74, 6) is 0. The molecule has 0 saturated carbocycles. The van der Waals surface area contributed by atoms with Gasteiger partial charge in [0, 0.05) is 17.0 Å². The van der Waals surface area contributed by atoms with E-state index in [1.165, 1.54) is 11.3 Å². The maximum Gasteiger partial charge on any atom is 0.252 e. The predicted octanol–water partition coefficient (Wildman–Crippen LogP) is 2.73. The zero-order valence-corrected chi connectivity index (χ0v) is 12.6. The smallest absolute Gasteiger partial charge is 0.206 e. The highest BCUT2D eigenvalue weighted by atomic mass is 127. The number of hydrogen-bond acceptors (Lipinski definition) is 3. The molecule has 0 radical (unpaired) electrons. The Hall–Kier alpha value is 0.340. The Kier molecular flexibility index (Phi) is 4.26.